The molecule has 242 valence electrons. The van der Waals surface area contributed by atoms with E-state index in [0.29, 0.717) is 36.5 Å². The zero-order valence-electron chi connectivity index (χ0n) is 26.6. The van der Waals surface area contributed by atoms with Crippen molar-refractivity contribution in [2.45, 2.75) is 97.6 Å². The Labute approximate surface area is 267 Å². The molecule has 12 nitrogen and oxygen atoms in total. The van der Waals surface area contributed by atoms with E-state index in [1.165, 1.54) is 5.56 Å². The molecule has 4 heterocycles. The maximum atomic E-state index is 13.0. The molecule has 0 aromatic heterocycles. The van der Waals surface area contributed by atoms with E-state index in [-0.39, 0.29) is 42.9 Å². The maximum Gasteiger partial charge on any atom is 0.261 e. The van der Waals surface area contributed by atoms with Crippen molar-refractivity contribution in [2.24, 2.45) is 0 Å². The van der Waals surface area contributed by atoms with Gasteiger partial charge in [0.15, 0.2) is 0 Å². The van der Waals surface area contributed by atoms with Crippen molar-refractivity contribution >= 4 is 41.9 Å². The summed E-state index contributed by atoms with van der Waals surface area (Å²) in [5.74, 6) is -2.22. The Balaban J connectivity index is 0.000000187. The lowest BCUT2D eigenvalue weighted by Crippen LogP contribution is -2.53. The summed E-state index contributed by atoms with van der Waals surface area (Å²) in [6.45, 7) is 10.2. The molecule has 4 aliphatic rings. The van der Waals surface area contributed by atoms with Crippen LogP contribution in [-0.2, 0) is 50.0 Å². The Morgan fingerprint density at radius 2 is 1.57 bits per heavy atom. The number of benzene rings is 2. The summed E-state index contributed by atoms with van der Waals surface area (Å²) < 4.78 is 0. The molecule has 2 aromatic carbocycles. The molecule has 0 bridgehead atoms. The van der Waals surface area contributed by atoms with Gasteiger partial charge in [-0.3, -0.25) is 54.0 Å². The number of imide groups is 3. The number of nitrogens with one attached hydrogen (secondary N) is 2. The van der Waals surface area contributed by atoms with Gasteiger partial charge in [-0.15, -0.1) is 0 Å². The van der Waals surface area contributed by atoms with E-state index in [9.17, 15) is 33.6 Å². The van der Waals surface area contributed by atoms with Crippen LogP contribution in [0.15, 0.2) is 30.3 Å². The zero-order chi connectivity index (χ0) is 33.3. The molecule has 2 aromatic rings. The van der Waals surface area contributed by atoms with Gasteiger partial charge in [-0.05, 0) is 80.0 Å². The first kappa shape index (κ1) is 32.7. The molecule has 46 heavy (non-hydrogen) atoms. The molecule has 2 unspecified atom stereocenters. The SMILES string of the molecule is CCc1ccc2c(c1)C(=O)N(C1CCC(=O)NC1=O)C2.Cc1cc2c(cc1C(=O)N(C=O)C1CCC(=O)NC1=O)CN(C(C)C)C2. The van der Waals surface area contributed by atoms with Crippen molar-refractivity contribution in [1.29, 1.82) is 0 Å². The fraction of sp³-hybridized carbons (Fsp3) is 0.441. The molecule has 7 amide bonds. The topological polar surface area (TPSA) is 153 Å². The number of hydrogen-bond donors (Lipinski definition) is 2. The highest BCUT2D eigenvalue weighted by molar-refractivity contribution is 6.08. The molecular formula is C34H39N5O7. The largest absolute Gasteiger partial charge is 0.322 e. The van der Waals surface area contributed by atoms with Gasteiger partial charge in [-0.2, -0.15) is 0 Å². The number of amides is 7. The third-order valence-corrected chi connectivity index (χ3v) is 9.15. The lowest BCUT2D eigenvalue weighted by atomic mass is 9.98. The summed E-state index contributed by atoms with van der Waals surface area (Å²) in [5.41, 5.74) is 6.21. The number of hydrogen-bond acceptors (Lipinski definition) is 8. The predicted molar refractivity (Wildman–Crippen MR) is 166 cm³/mol. The summed E-state index contributed by atoms with van der Waals surface area (Å²) in [7, 11) is 0. The van der Waals surface area contributed by atoms with Crippen LogP contribution in [0.1, 0.15) is 95.0 Å². The molecule has 0 saturated carbocycles. The van der Waals surface area contributed by atoms with Crippen LogP contribution in [0, 0.1) is 6.92 Å². The van der Waals surface area contributed by atoms with Gasteiger partial charge < -0.3 is 4.90 Å². The van der Waals surface area contributed by atoms with E-state index in [1.807, 2.05) is 44.2 Å². The molecule has 4 aliphatic heterocycles. The summed E-state index contributed by atoms with van der Waals surface area (Å²) >= 11 is 0. The summed E-state index contributed by atoms with van der Waals surface area (Å²) in [4.78, 5) is 88.2. The molecule has 0 aliphatic carbocycles. The number of aryl methyl sites for hydroxylation is 2. The van der Waals surface area contributed by atoms with E-state index in [4.69, 9.17) is 0 Å². The number of fused-ring (bicyclic) bond motifs is 2. The van der Waals surface area contributed by atoms with Crippen molar-refractivity contribution < 1.29 is 33.6 Å². The van der Waals surface area contributed by atoms with E-state index in [2.05, 4.69) is 29.4 Å². The maximum absolute atomic E-state index is 13.0. The highest BCUT2D eigenvalue weighted by atomic mass is 16.2. The molecule has 2 fully saturated rings. The van der Waals surface area contributed by atoms with Crippen LogP contribution in [0.25, 0.3) is 0 Å². The fourth-order valence-electron chi connectivity index (χ4n) is 6.37. The minimum atomic E-state index is -0.947. The standard InChI is InChI=1S/C19H23N3O4.C15H16N2O3/c1-11(2)21-8-13-6-12(3)15(7-14(13)9-21)19(26)22(10-23)16-4-5-17(24)20-18(16)25;1-2-9-3-4-10-8-17(15(20)11(10)7-9)12-5-6-13(18)16-14(12)19/h6-7,10-11,16H,4-5,8-9H2,1-3H3,(H,20,24,25);3-4,7,12H,2,5-6,8H2,1H3,(H,16,18,19). The monoisotopic (exact) mass is 629 g/mol. The quantitative estimate of drug-likeness (QED) is 0.364. The second-order valence-electron chi connectivity index (χ2n) is 12.5. The van der Waals surface area contributed by atoms with E-state index in [0.717, 1.165) is 46.7 Å². The van der Waals surface area contributed by atoms with Crippen LogP contribution in [0.2, 0.25) is 0 Å². The third-order valence-electron chi connectivity index (χ3n) is 9.15. The van der Waals surface area contributed by atoms with E-state index >= 15 is 0 Å². The van der Waals surface area contributed by atoms with Gasteiger partial charge in [0.1, 0.15) is 12.1 Å². The van der Waals surface area contributed by atoms with Crippen LogP contribution in [0.4, 0.5) is 0 Å². The molecule has 0 radical (unpaired) electrons. The zero-order valence-corrected chi connectivity index (χ0v) is 26.6. The summed E-state index contributed by atoms with van der Waals surface area (Å²) in [6.07, 6.45) is 2.22. The second-order valence-corrected chi connectivity index (χ2v) is 12.5. The highest BCUT2D eigenvalue weighted by Gasteiger charge is 2.39. The first-order valence-corrected chi connectivity index (χ1v) is 15.7. The van der Waals surface area contributed by atoms with Crippen LogP contribution in [-0.4, -0.2) is 74.7 Å². The van der Waals surface area contributed by atoms with Gasteiger partial charge in [-0.25, -0.2) is 0 Å². The number of carbonyl (C=O) groups excluding carboxylic acids is 7. The van der Waals surface area contributed by atoms with Crippen molar-refractivity contribution in [1.82, 2.24) is 25.3 Å². The molecular weight excluding hydrogens is 590 g/mol. The Bertz CT molecular complexity index is 1630. The number of piperidine rings is 2. The minimum Gasteiger partial charge on any atom is -0.322 e. The molecule has 2 saturated heterocycles. The van der Waals surface area contributed by atoms with Crippen LogP contribution < -0.4 is 10.6 Å². The Morgan fingerprint density at radius 1 is 0.913 bits per heavy atom. The molecule has 6 rings (SSSR count). The third kappa shape index (κ3) is 6.48. The van der Waals surface area contributed by atoms with E-state index in [1.54, 1.807) is 4.90 Å². The lowest BCUT2D eigenvalue weighted by molar-refractivity contribution is -0.140. The molecule has 2 N–H and O–H groups in total. The van der Waals surface area contributed by atoms with Crippen LogP contribution in [0.5, 0.6) is 0 Å². The van der Waals surface area contributed by atoms with E-state index < -0.39 is 23.9 Å². The fourth-order valence-corrected chi connectivity index (χ4v) is 6.37. The summed E-state index contributed by atoms with van der Waals surface area (Å²) in [5, 5.41) is 4.49. The summed E-state index contributed by atoms with van der Waals surface area (Å²) in [6, 6.07) is 8.62. The normalized spacial score (nSPS) is 20.9. The van der Waals surface area contributed by atoms with Gasteiger partial charge in [0, 0.05) is 49.6 Å². The van der Waals surface area contributed by atoms with Crippen LogP contribution >= 0.6 is 0 Å². The average Bonchev–Trinajstić information content (AvgIpc) is 3.58. The van der Waals surface area contributed by atoms with Crippen molar-refractivity contribution in [3.05, 3.63) is 69.3 Å². The van der Waals surface area contributed by atoms with Crippen LogP contribution in [0.3, 0.4) is 0 Å². The van der Waals surface area contributed by atoms with Crippen molar-refractivity contribution in [2.75, 3.05) is 0 Å². The Hall–Kier alpha value is -4.71. The highest BCUT2D eigenvalue weighted by Crippen LogP contribution is 2.30. The van der Waals surface area contributed by atoms with Gasteiger partial charge in [0.05, 0.1) is 0 Å². The number of rotatable bonds is 6. The van der Waals surface area contributed by atoms with Gasteiger partial charge in [-0.1, -0.05) is 25.1 Å². The minimum absolute atomic E-state index is 0.107. The van der Waals surface area contributed by atoms with Gasteiger partial charge in [0.25, 0.3) is 11.8 Å². The smallest absolute Gasteiger partial charge is 0.261 e. The Morgan fingerprint density at radius 3 is 2.17 bits per heavy atom. The number of carbonyl (C=O) groups is 7. The Kier molecular flexibility index (Phi) is 9.47. The van der Waals surface area contributed by atoms with Gasteiger partial charge >= 0.3 is 0 Å². The van der Waals surface area contributed by atoms with Crippen molar-refractivity contribution in [3.63, 3.8) is 0 Å². The molecule has 2 atom stereocenters. The second kappa shape index (κ2) is 13.3. The first-order valence-electron chi connectivity index (χ1n) is 15.7. The number of nitrogens with zero attached hydrogens (tertiary/aromatic N) is 3. The predicted octanol–water partition coefficient (Wildman–Crippen LogP) is 2.13. The first-order chi connectivity index (χ1) is 21.9. The van der Waals surface area contributed by atoms with Crippen molar-refractivity contribution in [3.8, 4) is 0 Å². The average molecular weight is 630 g/mol. The molecule has 12 heteroatoms. The molecule has 0 spiro atoms. The lowest BCUT2D eigenvalue weighted by Gasteiger charge is -2.29. The van der Waals surface area contributed by atoms with Gasteiger partial charge in [0.2, 0.25) is 30.0 Å².